The maximum Gasteiger partial charge on any atom is 0.317 e. The third-order valence-electron chi connectivity index (χ3n) is 3.10. The molecule has 6 nitrogen and oxygen atoms in total. The molecule has 0 aromatic rings. The van der Waals surface area contributed by atoms with Crippen LogP contribution in [0.5, 0.6) is 0 Å². The first kappa shape index (κ1) is 14.8. The Bertz CT molecular complexity index is 309. The van der Waals surface area contributed by atoms with Crippen LogP contribution in [0, 0.1) is 0 Å². The molecular formula is C12H22N2O4. The number of carboxylic acids is 1. The van der Waals surface area contributed by atoms with Gasteiger partial charge in [-0.05, 0) is 26.7 Å². The van der Waals surface area contributed by atoms with Crippen molar-refractivity contribution >= 4 is 12.0 Å². The third-order valence-corrected chi connectivity index (χ3v) is 3.10. The standard InChI is InChI=1S/C12H22N2O4/c1-12(2,8-10(15)16)13-11(17)14-6-4-9(18-3)5-7-14/h9H,4-8H2,1-3H3,(H,13,17)(H,15,16). The van der Waals surface area contributed by atoms with E-state index in [4.69, 9.17) is 9.84 Å². The van der Waals surface area contributed by atoms with E-state index in [0.717, 1.165) is 12.8 Å². The molecule has 1 fully saturated rings. The first-order chi connectivity index (χ1) is 8.34. The highest BCUT2D eigenvalue weighted by Gasteiger charge is 2.28. The Morgan fingerprint density at radius 2 is 1.94 bits per heavy atom. The first-order valence-corrected chi connectivity index (χ1v) is 6.16. The van der Waals surface area contributed by atoms with E-state index in [1.54, 1.807) is 25.9 Å². The van der Waals surface area contributed by atoms with Gasteiger partial charge in [-0.15, -0.1) is 0 Å². The van der Waals surface area contributed by atoms with Crippen molar-refractivity contribution in [2.75, 3.05) is 20.2 Å². The minimum absolute atomic E-state index is 0.0900. The number of rotatable bonds is 4. The molecule has 2 amide bonds. The molecule has 1 heterocycles. The predicted molar refractivity (Wildman–Crippen MR) is 66.5 cm³/mol. The number of hydrogen-bond donors (Lipinski definition) is 2. The lowest BCUT2D eigenvalue weighted by molar-refractivity contribution is -0.138. The van der Waals surface area contributed by atoms with Crippen molar-refractivity contribution in [3.05, 3.63) is 0 Å². The molecule has 1 saturated heterocycles. The largest absolute Gasteiger partial charge is 0.481 e. The van der Waals surface area contributed by atoms with E-state index in [2.05, 4.69) is 5.32 Å². The summed E-state index contributed by atoms with van der Waals surface area (Å²) in [5.74, 6) is -0.918. The fourth-order valence-corrected chi connectivity index (χ4v) is 2.09. The number of amides is 2. The van der Waals surface area contributed by atoms with Crippen molar-refractivity contribution in [3.8, 4) is 0 Å². The summed E-state index contributed by atoms with van der Waals surface area (Å²) in [6.45, 7) is 4.71. The van der Waals surface area contributed by atoms with Gasteiger partial charge in [-0.2, -0.15) is 0 Å². The van der Waals surface area contributed by atoms with E-state index >= 15 is 0 Å². The highest BCUT2D eigenvalue weighted by Crippen LogP contribution is 2.15. The van der Waals surface area contributed by atoms with Crippen molar-refractivity contribution < 1.29 is 19.4 Å². The Kier molecular flexibility index (Phi) is 4.95. The summed E-state index contributed by atoms with van der Waals surface area (Å²) in [6, 6.07) is -0.198. The van der Waals surface area contributed by atoms with E-state index in [-0.39, 0.29) is 18.6 Å². The maximum absolute atomic E-state index is 12.0. The van der Waals surface area contributed by atoms with Gasteiger partial charge in [-0.3, -0.25) is 4.79 Å². The number of urea groups is 1. The number of methoxy groups -OCH3 is 1. The van der Waals surface area contributed by atoms with E-state index in [1.807, 2.05) is 0 Å². The van der Waals surface area contributed by atoms with Crippen LogP contribution in [0.3, 0.4) is 0 Å². The zero-order chi connectivity index (χ0) is 13.8. The second-order valence-corrected chi connectivity index (χ2v) is 5.31. The number of likely N-dealkylation sites (tertiary alicyclic amines) is 1. The number of ether oxygens (including phenoxy) is 1. The zero-order valence-electron chi connectivity index (χ0n) is 11.2. The lowest BCUT2D eigenvalue weighted by atomic mass is 10.0. The molecule has 1 aliphatic heterocycles. The summed E-state index contributed by atoms with van der Waals surface area (Å²) in [5, 5.41) is 11.5. The number of hydrogen-bond acceptors (Lipinski definition) is 3. The van der Waals surface area contributed by atoms with E-state index in [9.17, 15) is 9.59 Å². The topological polar surface area (TPSA) is 78.9 Å². The molecule has 6 heteroatoms. The second kappa shape index (κ2) is 6.04. The SMILES string of the molecule is COC1CCN(C(=O)NC(C)(C)CC(=O)O)CC1. The van der Waals surface area contributed by atoms with Crippen molar-refractivity contribution in [2.24, 2.45) is 0 Å². The lowest BCUT2D eigenvalue weighted by Crippen LogP contribution is -2.53. The normalized spacial score (nSPS) is 17.6. The number of aliphatic carboxylic acids is 1. The van der Waals surface area contributed by atoms with Gasteiger partial charge in [0.1, 0.15) is 0 Å². The minimum atomic E-state index is -0.918. The monoisotopic (exact) mass is 258 g/mol. The number of carbonyl (C=O) groups is 2. The number of carbonyl (C=O) groups excluding carboxylic acids is 1. The summed E-state index contributed by atoms with van der Waals surface area (Å²) in [6.07, 6.45) is 1.78. The summed E-state index contributed by atoms with van der Waals surface area (Å²) in [4.78, 5) is 24.4. The van der Waals surface area contributed by atoms with Gasteiger partial charge < -0.3 is 20.1 Å². The molecule has 0 aliphatic carbocycles. The molecule has 0 saturated carbocycles. The molecule has 1 aliphatic rings. The van der Waals surface area contributed by atoms with Crippen molar-refractivity contribution in [3.63, 3.8) is 0 Å². The van der Waals surface area contributed by atoms with Crippen LogP contribution in [0.1, 0.15) is 33.1 Å². The molecule has 0 atom stereocenters. The zero-order valence-corrected chi connectivity index (χ0v) is 11.2. The smallest absolute Gasteiger partial charge is 0.317 e. The molecule has 0 bridgehead atoms. The average Bonchev–Trinajstić information content (AvgIpc) is 2.26. The highest BCUT2D eigenvalue weighted by atomic mass is 16.5. The van der Waals surface area contributed by atoms with Crippen molar-refractivity contribution in [2.45, 2.75) is 44.8 Å². The van der Waals surface area contributed by atoms with E-state index < -0.39 is 11.5 Å². The van der Waals surface area contributed by atoms with Crippen molar-refractivity contribution in [1.29, 1.82) is 0 Å². The highest BCUT2D eigenvalue weighted by molar-refractivity contribution is 5.76. The molecule has 1 rings (SSSR count). The van der Waals surface area contributed by atoms with Gasteiger partial charge in [0.05, 0.1) is 12.5 Å². The van der Waals surface area contributed by atoms with Crippen LogP contribution >= 0.6 is 0 Å². The van der Waals surface area contributed by atoms with E-state index in [0.29, 0.717) is 13.1 Å². The second-order valence-electron chi connectivity index (χ2n) is 5.31. The van der Waals surface area contributed by atoms with Crippen LogP contribution in [0.2, 0.25) is 0 Å². The van der Waals surface area contributed by atoms with Crippen LogP contribution in [0.25, 0.3) is 0 Å². The molecule has 0 spiro atoms. The summed E-state index contributed by atoms with van der Waals surface area (Å²) < 4.78 is 5.24. The molecule has 2 N–H and O–H groups in total. The number of nitrogens with zero attached hydrogens (tertiary/aromatic N) is 1. The molecular weight excluding hydrogens is 236 g/mol. The molecule has 104 valence electrons. The van der Waals surface area contributed by atoms with Gasteiger partial charge in [-0.25, -0.2) is 4.79 Å². The number of nitrogens with one attached hydrogen (secondary N) is 1. The maximum atomic E-state index is 12.0. The van der Waals surface area contributed by atoms with Gasteiger partial charge in [0, 0.05) is 25.7 Å². The molecule has 0 aromatic carbocycles. The van der Waals surface area contributed by atoms with Crippen LogP contribution < -0.4 is 5.32 Å². The Morgan fingerprint density at radius 1 is 1.39 bits per heavy atom. The van der Waals surface area contributed by atoms with Crippen LogP contribution in [0.15, 0.2) is 0 Å². The summed E-state index contributed by atoms with van der Waals surface area (Å²) in [7, 11) is 1.68. The summed E-state index contributed by atoms with van der Waals surface area (Å²) >= 11 is 0. The third kappa shape index (κ3) is 4.52. The number of piperidine rings is 1. The van der Waals surface area contributed by atoms with Crippen molar-refractivity contribution in [1.82, 2.24) is 10.2 Å². The molecule has 18 heavy (non-hydrogen) atoms. The lowest BCUT2D eigenvalue weighted by Gasteiger charge is -2.34. The van der Waals surface area contributed by atoms with Gasteiger partial charge in [-0.1, -0.05) is 0 Å². The Hall–Kier alpha value is -1.30. The number of carboxylic acid groups (broad SMARTS) is 1. The van der Waals surface area contributed by atoms with Gasteiger partial charge in [0.2, 0.25) is 0 Å². The predicted octanol–water partition coefficient (Wildman–Crippen LogP) is 1.06. The van der Waals surface area contributed by atoms with Gasteiger partial charge >= 0.3 is 12.0 Å². The fraction of sp³-hybridized carbons (Fsp3) is 0.833. The summed E-state index contributed by atoms with van der Waals surface area (Å²) in [5.41, 5.74) is -0.735. The average molecular weight is 258 g/mol. The molecule has 0 radical (unpaired) electrons. The van der Waals surface area contributed by atoms with Crippen LogP contribution in [0.4, 0.5) is 4.79 Å². The Balaban J connectivity index is 2.44. The molecule has 0 aromatic heterocycles. The van der Waals surface area contributed by atoms with Gasteiger partial charge in [0.15, 0.2) is 0 Å². The first-order valence-electron chi connectivity index (χ1n) is 6.16. The van der Waals surface area contributed by atoms with Gasteiger partial charge in [0.25, 0.3) is 0 Å². The quantitative estimate of drug-likeness (QED) is 0.790. The Morgan fingerprint density at radius 3 is 2.39 bits per heavy atom. The van der Waals surface area contributed by atoms with Crippen LogP contribution in [-0.2, 0) is 9.53 Å². The Labute approximate surface area is 107 Å². The van der Waals surface area contributed by atoms with E-state index in [1.165, 1.54) is 0 Å². The minimum Gasteiger partial charge on any atom is -0.481 e. The molecule has 0 unspecified atom stereocenters. The van der Waals surface area contributed by atoms with Crippen LogP contribution in [-0.4, -0.2) is 53.8 Å². The fourth-order valence-electron chi connectivity index (χ4n) is 2.09.